The summed E-state index contributed by atoms with van der Waals surface area (Å²) < 4.78 is 5.52. The van der Waals surface area contributed by atoms with Crippen LogP contribution in [0.1, 0.15) is 18.9 Å². The molecule has 2 N–H and O–H groups in total. The lowest BCUT2D eigenvalue weighted by Gasteiger charge is -2.18. The average Bonchev–Trinajstić information content (AvgIpc) is 2.36. The van der Waals surface area contributed by atoms with Crippen molar-refractivity contribution in [1.29, 1.82) is 0 Å². The second-order valence-corrected chi connectivity index (χ2v) is 4.10. The van der Waals surface area contributed by atoms with Crippen molar-refractivity contribution in [3.05, 3.63) is 23.8 Å². The van der Waals surface area contributed by atoms with E-state index in [1.165, 1.54) is 5.56 Å². The second-order valence-electron chi connectivity index (χ2n) is 4.10. The van der Waals surface area contributed by atoms with E-state index in [-0.39, 0.29) is 5.91 Å². The summed E-state index contributed by atoms with van der Waals surface area (Å²) in [5, 5.41) is 5.86. The van der Waals surface area contributed by atoms with Gasteiger partial charge < -0.3 is 15.4 Å². The van der Waals surface area contributed by atoms with Gasteiger partial charge in [0, 0.05) is 5.69 Å². The van der Waals surface area contributed by atoms with E-state index in [2.05, 4.69) is 10.6 Å². The molecule has 0 unspecified atom stereocenters. The van der Waals surface area contributed by atoms with Gasteiger partial charge in [-0.15, -0.1) is 0 Å². The molecule has 1 heterocycles. The number of carbonyl (C=O) groups excluding carboxylic acids is 1. The van der Waals surface area contributed by atoms with Crippen LogP contribution in [-0.4, -0.2) is 25.6 Å². The lowest BCUT2D eigenvalue weighted by Crippen LogP contribution is -2.27. The Hall–Kier alpha value is -1.55. The number of benzene rings is 1. The van der Waals surface area contributed by atoms with Crippen molar-refractivity contribution in [1.82, 2.24) is 5.32 Å². The molecule has 0 aliphatic carbocycles. The molecule has 0 spiro atoms. The summed E-state index contributed by atoms with van der Waals surface area (Å²) in [5.74, 6) is 0.935. The molecule has 17 heavy (non-hydrogen) atoms. The fourth-order valence-electron chi connectivity index (χ4n) is 1.88. The maximum absolute atomic E-state index is 11.5. The zero-order valence-electron chi connectivity index (χ0n) is 10.1. The molecule has 0 fully saturated rings. The highest BCUT2D eigenvalue weighted by atomic mass is 16.5. The number of hydrogen-bond acceptors (Lipinski definition) is 3. The van der Waals surface area contributed by atoms with Crippen LogP contribution in [0.3, 0.4) is 0 Å². The highest BCUT2D eigenvalue weighted by Gasteiger charge is 2.11. The molecule has 0 atom stereocenters. The van der Waals surface area contributed by atoms with E-state index >= 15 is 0 Å². The molecule has 0 saturated carbocycles. The molecular formula is C13H18N2O2. The van der Waals surface area contributed by atoms with Gasteiger partial charge in [-0.3, -0.25) is 4.79 Å². The predicted octanol–water partition coefficient (Wildman–Crippen LogP) is 1.56. The second kappa shape index (κ2) is 5.68. The number of likely N-dealkylation sites (N-methyl/N-ethyl adjacent to an activating group) is 1. The molecule has 4 nitrogen and oxygen atoms in total. The molecule has 2 rings (SSSR count). The monoisotopic (exact) mass is 234 g/mol. The van der Waals surface area contributed by atoms with Gasteiger partial charge in [-0.05, 0) is 43.1 Å². The number of hydrogen-bond donors (Lipinski definition) is 2. The summed E-state index contributed by atoms with van der Waals surface area (Å²) in [6.07, 6.45) is 2.06. The summed E-state index contributed by atoms with van der Waals surface area (Å²) in [6.45, 7) is 3.91. The van der Waals surface area contributed by atoms with Crippen LogP contribution in [-0.2, 0) is 11.2 Å². The van der Waals surface area contributed by atoms with Crippen molar-refractivity contribution >= 4 is 11.6 Å². The zero-order chi connectivity index (χ0) is 12.1. The first-order chi connectivity index (χ1) is 8.29. The number of ether oxygens (including phenoxy) is 1. The summed E-state index contributed by atoms with van der Waals surface area (Å²) in [7, 11) is 0. The lowest BCUT2D eigenvalue weighted by atomic mass is 10.1. The van der Waals surface area contributed by atoms with E-state index in [1.807, 2.05) is 25.1 Å². The molecule has 1 aromatic rings. The molecule has 92 valence electrons. The number of rotatable bonds is 4. The van der Waals surface area contributed by atoms with Crippen molar-refractivity contribution < 1.29 is 9.53 Å². The highest BCUT2D eigenvalue weighted by molar-refractivity contribution is 5.92. The van der Waals surface area contributed by atoms with E-state index in [9.17, 15) is 4.79 Å². The molecule has 0 radical (unpaired) electrons. The molecule has 1 aromatic carbocycles. The third kappa shape index (κ3) is 3.20. The fourth-order valence-corrected chi connectivity index (χ4v) is 1.88. The highest BCUT2D eigenvalue weighted by Crippen LogP contribution is 2.27. The standard InChI is InChI=1S/C13H18N2O2/c1-2-14-9-13(16)15-11-5-6-12-10(8-11)4-3-7-17-12/h5-6,8,14H,2-4,7,9H2,1H3,(H,15,16). The number of nitrogens with one attached hydrogen (secondary N) is 2. The van der Waals surface area contributed by atoms with Crippen LogP contribution in [0.2, 0.25) is 0 Å². The minimum atomic E-state index is -0.0106. The van der Waals surface area contributed by atoms with Crippen molar-refractivity contribution in [2.45, 2.75) is 19.8 Å². The molecule has 0 bridgehead atoms. The first-order valence-electron chi connectivity index (χ1n) is 6.06. The van der Waals surface area contributed by atoms with E-state index in [1.54, 1.807) is 0 Å². The fraction of sp³-hybridized carbons (Fsp3) is 0.462. The van der Waals surface area contributed by atoms with Crippen LogP contribution in [0.15, 0.2) is 18.2 Å². The van der Waals surface area contributed by atoms with Crippen LogP contribution in [0, 0.1) is 0 Å². The van der Waals surface area contributed by atoms with Gasteiger partial charge in [0.1, 0.15) is 5.75 Å². The van der Waals surface area contributed by atoms with Crippen LogP contribution >= 0.6 is 0 Å². The SMILES string of the molecule is CCNCC(=O)Nc1ccc2c(c1)CCCO2. The van der Waals surface area contributed by atoms with Gasteiger partial charge >= 0.3 is 0 Å². The molecular weight excluding hydrogens is 216 g/mol. The number of fused-ring (bicyclic) bond motifs is 1. The quantitative estimate of drug-likeness (QED) is 0.831. The maximum atomic E-state index is 11.5. The Morgan fingerprint density at radius 3 is 3.18 bits per heavy atom. The normalized spacial score (nSPS) is 13.7. The predicted molar refractivity (Wildman–Crippen MR) is 67.4 cm³/mol. The van der Waals surface area contributed by atoms with Gasteiger partial charge in [0.2, 0.25) is 5.91 Å². The van der Waals surface area contributed by atoms with E-state index in [0.29, 0.717) is 6.54 Å². The van der Waals surface area contributed by atoms with Crippen molar-refractivity contribution in [3.63, 3.8) is 0 Å². The molecule has 0 saturated heterocycles. The van der Waals surface area contributed by atoms with Crippen molar-refractivity contribution in [3.8, 4) is 5.75 Å². The maximum Gasteiger partial charge on any atom is 0.238 e. The van der Waals surface area contributed by atoms with Crippen LogP contribution < -0.4 is 15.4 Å². The van der Waals surface area contributed by atoms with Gasteiger partial charge in [-0.2, -0.15) is 0 Å². The summed E-state index contributed by atoms with van der Waals surface area (Å²) in [6, 6.07) is 5.81. The Balaban J connectivity index is 1.99. The first kappa shape index (κ1) is 11.9. The smallest absolute Gasteiger partial charge is 0.238 e. The van der Waals surface area contributed by atoms with Gasteiger partial charge in [0.05, 0.1) is 13.2 Å². The zero-order valence-corrected chi connectivity index (χ0v) is 10.1. The van der Waals surface area contributed by atoms with E-state index < -0.39 is 0 Å². The van der Waals surface area contributed by atoms with E-state index in [4.69, 9.17) is 4.74 Å². The van der Waals surface area contributed by atoms with Gasteiger partial charge in [0.15, 0.2) is 0 Å². The number of anilines is 1. The summed E-state index contributed by atoms with van der Waals surface area (Å²) >= 11 is 0. The van der Waals surface area contributed by atoms with Crippen molar-refractivity contribution in [2.75, 3.05) is 25.0 Å². The minimum absolute atomic E-state index is 0.0106. The topological polar surface area (TPSA) is 50.4 Å². The number of amides is 1. The molecule has 1 aliphatic heterocycles. The largest absolute Gasteiger partial charge is 0.493 e. The van der Waals surface area contributed by atoms with Crippen LogP contribution in [0.25, 0.3) is 0 Å². The molecule has 1 amide bonds. The van der Waals surface area contributed by atoms with Crippen LogP contribution in [0.4, 0.5) is 5.69 Å². The molecule has 0 aromatic heterocycles. The Morgan fingerprint density at radius 1 is 1.47 bits per heavy atom. The molecule has 1 aliphatic rings. The summed E-state index contributed by atoms with van der Waals surface area (Å²) in [5.41, 5.74) is 2.02. The van der Waals surface area contributed by atoms with Crippen molar-refractivity contribution in [2.24, 2.45) is 0 Å². The van der Waals surface area contributed by atoms with Gasteiger partial charge in [0.25, 0.3) is 0 Å². The van der Waals surface area contributed by atoms with Gasteiger partial charge in [-0.25, -0.2) is 0 Å². The Kier molecular flexibility index (Phi) is 3.98. The van der Waals surface area contributed by atoms with Crippen LogP contribution in [0.5, 0.6) is 5.75 Å². The Bertz CT molecular complexity index is 404. The first-order valence-corrected chi connectivity index (χ1v) is 6.06. The number of carbonyl (C=O) groups is 1. The molecule has 4 heteroatoms. The third-order valence-electron chi connectivity index (χ3n) is 2.73. The lowest BCUT2D eigenvalue weighted by molar-refractivity contribution is -0.115. The Labute approximate surface area is 101 Å². The van der Waals surface area contributed by atoms with E-state index in [0.717, 1.165) is 37.4 Å². The van der Waals surface area contributed by atoms with Gasteiger partial charge in [-0.1, -0.05) is 6.92 Å². The Morgan fingerprint density at radius 2 is 2.35 bits per heavy atom. The average molecular weight is 234 g/mol. The summed E-state index contributed by atoms with van der Waals surface area (Å²) in [4.78, 5) is 11.5. The minimum Gasteiger partial charge on any atom is -0.493 e. The third-order valence-corrected chi connectivity index (χ3v) is 2.73. The number of aryl methyl sites for hydroxylation is 1.